The molecule has 0 aliphatic heterocycles. The summed E-state index contributed by atoms with van der Waals surface area (Å²) in [5.74, 6) is -0.0973. The van der Waals surface area contributed by atoms with Gasteiger partial charge in [-0.2, -0.15) is 0 Å². The van der Waals surface area contributed by atoms with Crippen LogP contribution in [-0.2, 0) is 9.53 Å². The first-order valence-corrected chi connectivity index (χ1v) is 6.37. The summed E-state index contributed by atoms with van der Waals surface area (Å²) in [6, 6.07) is 0. The fourth-order valence-electron chi connectivity index (χ4n) is 1.54. The van der Waals surface area contributed by atoms with Gasteiger partial charge in [0.25, 0.3) is 0 Å². The van der Waals surface area contributed by atoms with Crippen LogP contribution in [0.3, 0.4) is 0 Å². The van der Waals surface area contributed by atoms with Gasteiger partial charge in [-0.25, -0.2) is 0 Å². The van der Waals surface area contributed by atoms with Crippen LogP contribution < -0.4 is 5.73 Å². The molecule has 0 bridgehead atoms. The van der Waals surface area contributed by atoms with Crippen LogP contribution >= 0.6 is 0 Å². The van der Waals surface area contributed by atoms with E-state index >= 15 is 0 Å². The lowest BCUT2D eigenvalue weighted by molar-refractivity contribution is -0.114. The number of nitrogens with two attached hydrogens (primary N) is 1. The van der Waals surface area contributed by atoms with Crippen molar-refractivity contribution in [2.45, 2.75) is 27.7 Å². The molecule has 0 saturated carbocycles. The number of allylic oxidation sites excluding steroid dienone is 3. The molecular weight excluding hydrogens is 238 g/mol. The number of rotatable bonds is 7. The smallest absolute Gasteiger partial charge is 0.248 e. The topological polar surface area (TPSA) is 52.3 Å². The average Bonchev–Trinajstić information content (AvgIpc) is 2.36. The minimum atomic E-state index is -0.508. The van der Waals surface area contributed by atoms with Crippen LogP contribution in [-0.4, -0.2) is 19.6 Å². The molecule has 106 valence electrons. The zero-order valence-electron chi connectivity index (χ0n) is 12.6. The minimum absolute atomic E-state index is 0.293. The van der Waals surface area contributed by atoms with Crippen LogP contribution in [0.5, 0.6) is 0 Å². The van der Waals surface area contributed by atoms with Crippen molar-refractivity contribution in [2.24, 2.45) is 11.7 Å². The van der Waals surface area contributed by atoms with Gasteiger partial charge in [0.1, 0.15) is 0 Å². The van der Waals surface area contributed by atoms with E-state index in [1.165, 1.54) is 5.57 Å². The summed E-state index contributed by atoms with van der Waals surface area (Å²) >= 11 is 0. The zero-order chi connectivity index (χ0) is 15.0. The van der Waals surface area contributed by atoms with Crippen molar-refractivity contribution in [3.8, 4) is 0 Å². The number of hydrogen-bond acceptors (Lipinski definition) is 2. The van der Waals surface area contributed by atoms with Crippen LogP contribution in [0.1, 0.15) is 27.7 Å². The monoisotopic (exact) mass is 263 g/mol. The molecule has 3 heteroatoms. The summed E-state index contributed by atoms with van der Waals surface area (Å²) in [6.45, 7) is 12.5. The zero-order valence-corrected chi connectivity index (χ0v) is 12.6. The van der Waals surface area contributed by atoms with Gasteiger partial charge in [0, 0.05) is 12.7 Å². The van der Waals surface area contributed by atoms with E-state index in [4.69, 9.17) is 10.5 Å². The van der Waals surface area contributed by atoms with Gasteiger partial charge >= 0.3 is 0 Å². The molecule has 0 aromatic carbocycles. The summed E-state index contributed by atoms with van der Waals surface area (Å²) in [6.07, 6.45) is 5.56. The van der Waals surface area contributed by atoms with Gasteiger partial charge < -0.3 is 10.5 Å². The van der Waals surface area contributed by atoms with Crippen LogP contribution in [0.4, 0.5) is 0 Å². The summed E-state index contributed by atoms with van der Waals surface area (Å²) in [7, 11) is 1.66. The lowest BCUT2D eigenvalue weighted by atomic mass is 9.93. The maximum atomic E-state index is 11.0. The molecule has 0 aromatic heterocycles. The van der Waals surface area contributed by atoms with E-state index in [9.17, 15) is 4.79 Å². The SMILES string of the molecule is C=C(/C=C\C(C(=CC)COC)=C(/C)C(C)C)C(N)=O. The average molecular weight is 263 g/mol. The fraction of sp³-hybridized carbons (Fsp3) is 0.438. The molecular formula is C16H25NO2. The summed E-state index contributed by atoms with van der Waals surface area (Å²) in [5.41, 5.74) is 8.87. The van der Waals surface area contributed by atoms with Crippen molar-refractivity contribution in [3.63, 3.8) is 0 Å². The van der Waals surface area contributed by atoms with Gasteiger partial charge in [-0.05, 0) is 37.0 Å². The second kappa shape index (κ2) is 8.48. The minimum Gasteiger partial charge on any atom is -0.380 e. The van der Waals surface area contributed by atoms with Crippen molar-refractivity contribution in [3.05, 3.63) is 47.1 Å². The highest BCUT2D eigenvalue weighted by Crippen LogP contribution is 2.23. The number of hydrogen-bond donors (Lipinski definition) is 1. The highest BCUT2D eigenvalue weighted by molar-refractivity contribution is 5.94. The predicted octanol–water partition coefficient (Wildman–Crippen LogP) is 3.15. The molecule has 0 aliphatic rings. The second-order valence-electron chi connectivity index (χ2n) is 4.72. The molecule has 19 heavy (non-hydrogen) atoms. The molecule has 0 fully saturated rings. The van der Waals surface area contributed by atoms with Crippen molar-refractivity contribution in [2.75, 3.05) is 13.7 Å². The highest BCUT2D eigenvalue weighted by Gasteiger charge is 2.09. The van der Waals surface area contributed by atoms with E-state index in [0.29, 0.717) is 18.1 Å². The van der Waals surface area contributed by atoms with E-state index in [2.05, 4.69) is 27.4 Å². The molecule has 0 heterocycles. The molecule has 0 unspecified atom stereocenters. The third-order valence-electron chi connectivity index (χ3n) is 3.05. The third kappa shape index (κ3) is 5.71. The standard InChI is InChI=1S/C16H25NO2/c1-7-14(10-19-6)15(13(5)11(2)3)9-8-12(4)16(17)18/h7-9,11H,4,10H2,1-3,5-6H3,(H2,17,18)/b9-8-,14-7?,15-13-. The number of methoxy groups -OCH3 is 1. The van der Waals surface area contributed by atoms with Crippen LogP contribution in [0.25, 0.3) is 0 Å². The van der Waals surface area contributed by atoms with Crippen molar-refractivity contribution >= 4 is 5.91 Å². The Morgan fingerprint density at radius 1 is 1.37 bits per heavy atom. The number of primary amides is 1. The molecule has 0 aromatic rings. The number of carbonyl (C=O) groups is 1. The van der Waals surface area contributed by atoms with E-state index in [0.717, 1.165) is 11.1 Å². The van der Waals surface area contributed by atoms with E-state index < -0.39 is 5.91 Å². The van der Waals surface area contributed by atoms with Crippen molar-refractivity contribution < 1.29 is 9.53 Å². The lowest BCUT2D eigenvalue weighted by Gasteiger charge is -2.15. The first kappa shape index (κ1) is 17.4. The summed E-state index contributed by atoms with van der Waals surface area (Å²) < 4.78 is 5.21. The Kier molecular flexibility index (Phi) is 7.77. The Hall–Kier alpha value is -1.61. The number of amides is 1. The van der Waals surface area contributed by atoms with E-state index in [1.54, 1.807) is 13.2 Å². The normalized spacial score (nSPS) is 13.9. The van der Waals surface area contributed by atoms with Crippen molar-refractivity contribution in [1.29, 1.82) is 0 Å². The molecule has 0 saturated heterocycles. The highest BCUT2D eigenvalue weighted by atomic mass is 16.5. The van der Waals surface area contributed by atoms with E-state index in [1.807, 2.05) is 19.1 Å². The first-order chi connectivity index (χ1) is 8.84. The van der Waals surface area contributed by atoms with Gasteiger partial charge in [-0.3, -0.25) is 4.79 Å². The van der Waals surface area contributed by atoms with Gasteiger partial charge in [-0.1, -0.05) is 38.2 Å². The van der Waals surface area contributed by atoms with E-state index in [-0.39, 0.29) is 0 Å². The Balaban J connectivity index is 5.50. The molecule has 2 N–H and O–H groups in total. The molecule has 1 amide bonds. The maximum absolute atomic E-state index is 11.0. The fourth-order valence-corrected chi connectivity index (χ4v) is 1.54. The Bertz CT molecular complexity index is 426. The Morgan fingerprint density at radius 3 is 2.32 bits per heavy atom. The number of carbonyl (C=O) groups excluding carboxylic acids is 1. The summed E-state index contributed by atoms with van der Waals surface area (Å²) in [4.78, 5) is 11.0. The molecule has 0 radical (unpaired) electrons. The van der Waals surface area contributed by atoms with Crippen LogP contribution in [0, 0.1) is 5.92 Å². The predicted molar refractivity (Wildman–Crippen MR) is 80.6 cm³/mol. The van der Waals surface area contributed by atoms with Gasteiger partial charge in [-0.15, -0.1) is 0 Å². The van der Waals surface area contributed by atoms with Crippen LogP contribution in [0.2, 0.25) is 0 Å². The number of ether oxygens (including phenoxy) is 1. The first-order valence-electron chi connectivity index (χ1n) is 6.37. The van der Waals surface area contributed by atoms with Gasteiger partial charge in [0.15, 0.2) is 0 Å². The molecule has 0 aliphatic carbocycles. The molecule has 0 atom stereocenters. The van der Waals surface area contributed by atoms with Gasteiger partial charge in [0.05, 0.1) is 6.61 Å². The molecule has 3 nitrogen and oxygen atoms in total. The third-order valence-corrected chi connectivity index (χ3v) is 3.05. The Labute approximate surface area is 116 Å². The Morgan fingerprint density at radius 2 is 1.95 bits per heavy atom. The molecule has 0 spiro atoms. The lowest BCUT2D eigenvalue weighted by Crippen LogP contribution is -2.11. The van der Waals surface area contributed by atoms with Gasteiger partial charge in [0.2, 0.25) is 5.91 Å². The van der Waals surface area contributed by atoms with Crippen LogP contribution in [0.15, 0.2) is 47.1 Å². The second-order valence-corrected chi connectivity index (χ2v) is 4.72. The molecule has 0 rings (SSSR count). The maximum Gasteiger partial charge on any atom is 0.248 e. The summed E-state index contributed by atoms with van der Waals surface area (Å²) in [5, 5.41) is 0. The quantitative estimate of drug-likeness (QED) is 0.566. The van der Waals surface area contributed by atoms with Crippen molar-refractivity contribution in [1.82, 2.24) is 0 Å². The largest absolute Gasteiger partial charge is 0.380 e.